The molecule has 0 spiro atoms. The second-order valence-corrected chi connectivity index (χ2v) is 5.67. The van der Waals surface area contributed by atoms with E-state index in [0.717, 1.165) is 5.56 Å². The lowest BCUT2D eigenvalue weighted by molar-refractivity contribution is 0.0383. The van der Waals surface area contributed by atoms with Gasteiger partial charge in [-0.15, -0.1) is 11.3 Å². The highest BCUT2D eigenvalue weighted by molar-refractivity contribution is 7.20. The van der Waals surface area contributed by atoms with Crippen molar-refractivity contribution < 1.29 is 9.53 Å². The molecule has 0 saturated heterocycles. The van der Waals surface area contributed by atoms with Gasteiger partial charge in [-0.05, 0) is 37.9 Å². The van der Waals surface area contributed by atoms with Crippen molar-refractivity contribution in [3.8, 4) is 0 Å². The van der Waals surface area contributed by atoms with Gasteiger partial charge in [-0.1, -0.05) is 11.6 Å². The fourth-order valence-corrected chi connectivity index (χ4v) is 3.22. The van der Waals surface area contributed by atoms with E-state index in [9.17, 15) is 4.79 Å². The molecule has 4 nitrogen and oxygen atoms in total. The Morgan fingerprint density at radius 1 is 1.33 bits per heavy atom. The van der Waals surface area contributed by atoms with Gasteiger partial charge in [0, 0.05) is 0 Å². The molecule has 7 heteroatoms. The Kier molecular flexibility index (Phi) is 3.75. The summed E-state index contributed by atoms with van der Waals surface area (Å²) in [5.41, 5.74) is 0.724. The number of esters is 1. The molecule has 2 rings (SSSR count). The van der Waals surface area contributed by atoms with E-state index in [1.54, 1.807) is 20.8 Å². The zero-order valence-corrected chi connectivity index (χ0v) is 12.3. The summed E-state index contributed by atoms with van der Waals surface area (Å²) < 4.78 is 5.16. The Balaban J connectivity index is 2.57. The number of fused-ring (bicyclic) bond motifs is 1. The Labute approximate surface area is 118 Å². The van der Waals surface area contributed by atoms with Crippen molar-refractivity contribution in [2.75, 3.05) is 0 Å². The predicted octanol–water partition coefficient (Wildman–Crippen LogP) is 3.87. The maximum Gasteiger partial charge on any atom is 0.348 e. The Bertz CT molecular complexity index is 625. The highest BCUT2D eigenvalue weighted by atomic mass is 35.5. The number of hydrogen-bond acceptors (Lipinski definition) is 5. The summed E-state index contributed by atoms with van der Waals surface area (Å²) in [6.07, 6.45) is -0.174. The topological polar surface area (TPSA) is 52.1 Å². The quantitative estimate of drug-likeness (QED) is 0.480. The van der Waals surface area contributed by atoms with Gasteiger partial charge in [0.25, 0.3) is 0 Å². The molecule has 0 aromatic carbocycles. The first-order valence-electron chi connectivity index (χ1n) is 5.23. The minimum absolute atomic E-state index is 0.0672. The molecule has 2 aromatic rings. The van der Waals surface area contributed by atoms with Crippen LogP contribution in [0.25, 0.3) is 10.2 Å². The third kappa shape index (κ3) is 2.43. The molecule has 96 valence electrons. The third-order valence-corrected chi connectivity index (χ3v) is 3.86. The minimum atomic E-state index is -0.377. The molecule has 2 aromatic heterocycles. The van der Waals surface area contributed by atoms with Crippen LogP contribution in [-0.2, 0) is 4.74 Å². The summed E-state index contributed by atoms with van der Waals surface area (Å²) in [5.74, 6) is -0.377. The maximum atomic E-state index is 11.9. The first-order chi connectivity index (χ1) is 8.40. The number of carbonyl (C=O) groups is 1. The summed E-state index contributed by atoms with van der Waals surface area (Å²) in [4.78, 5) is 20.9. The molecule has 0 fully saturated rings. The number of ether oxygens (including phenoxy) is 1. The normalized spacial score (nSPS) is 11.2. The molecule has 0 amide bonds. The van der Waals surface area contributed by atoms with Crippen LogP contribution in [0.3, 0.4) is 0 Å². The van der Waals surface area contributed by atoms with Crippen LogP contribution >= 0.6 is 34.5 Å². The number of aryl methyl sites for hydroxylation is 1. The largest absolute Gasteiger partial charge is 0.459 e. The number of nitrogens with zero attached hydrogens (tertiary/aromatic N) is 2. The van der Waals surface area contributed by atoms with Gasteiger partial charge in [0.1, 0.15) is 14.9 Å². The monoisotopic (exact) mass is 304 g/mol. The standard InChI is InChI=1S/C11H10Cl2N2O2S/c1-4(2)17-10(16)7-5(3)6-8(12)14-11(13)15-9(6)18-7/h4H,1-3H3. The van der Waals surface area contributed by atoms with Gasteiger partial charge < -0.3 is 4.74 Å². The fraction of sp³-hybridized carbons (Fsp3) is 0.364. The average Bonchev–Trinajstić information content (AvgIpc) is 2.54. The SMILES string of the molecule is Cc1c(C(=O)OC(C)C)sc2nc(Cl)nc(Cl)c12. The lowest BCUT2D eigenvalue weighted by Gasteiger charge is -2.06. The van der Waals surface area contributed by atoms with Crippen molar-refractivity contribution in [1.82, 2.24) is 9.97 Å². The van der Waals surface area contributed by atoms with Crippen LogP contribution in [0.1, 0.15) is 29.1 Å². The van der Waals surface area contributed by atoms with Gasteiger partial charge in [-0.3, -0.25) is 0 Å². The highest BCUT2D eigenvalue weighted by Crippen LogP contribution is 2.34. The van der Waals surface area contributed by atoms with Crippen molar-refractivity contribution in [3.05, 3.63) is 20.9 Å². The zero-order chi connectivity index (χ0) is 13.4. The predicted molar refractivity (Wildman–Crippen MR) is 72.7 cm³/mol. The van der Waals surface area contributed by atoms with Crippen LogP contribution < -0.4 is 0 Å². The Morgan fingerprint density at radius 2 is 2.00 bits per heavy atom. The van der Waals surface area contributed by atoms with E-state index >= 15 is 0 Å². The van der Waals surface area contributed by atoms with E-state index in [-0.39, 0.29) is 22.5 Å². The van der Waals surface area contributed by atoms with E-state index in [0.29, 0.717) is 15.1 Å². The second kappa shape index (κ2) is 4.99. The molecule has 0 atom stereocenters. The lowest BCUT2D eigenvalue weighted by atomic mass is 10.2. The van der Waals surface area contributed by atoms with Gasteiger partial charge in [0.05, 0.1) is 11.5 Å². The van der Waals surface area contributed by atoms with Crippen LogP contribution in [0, 0.1) is 6.92 Å². The van der Waals surface area contributed by atoms with Crippen LogP contribution in [-0.4, -0.2) is 22.0 Å². The molecule has 0 radical (unpaired) electrons. The molecular formula is C11H10Cl2N2O2S. The second-order valence-electron chi connectivity index (χ2n) is 3.97. The molecular weight excluding hydrogens is 295 g/mol. The lowest BCUT2D eigenvalue weighted by Crippen LogP contribution is -2.11. The first-order valence-corrected chi connectivity index (χ1v) is 6.80. The summed E-state index contributed by atoms with van der Waals surface area (Å²) in [5, 5.41) is 0.974. The van der Waals surface area contributed by atoms with E-state index in [1.807, 2.05) is 0 Å². The van der Waals surface area contributed by atoms with Crippen molar-refractivity contribution >= 4 is 50.7 Å². The molecule has 0 unspecified atom stereocenters. The number of rotatable bonds is 2. The number of hydrogen-bond donors (Lipinski definition) is 0. The summed E-state index contributed by atoms with van der Waals surface area (Å²) in [7, 11) is 0. The van der Waals surface area contributed by atoms with E-state index < -0.39 is 0 Å². The van der Waals surface area contributed by atoms with Crippen molar-refractivity contribution in [3.63, 3.8) is 0 Å². The van der Waals surface area contributed by atoms with Crippen LogP contribution in [0.2, 0.25) is 10.4 Å². The molecule has 18 heavy (non-hydrogen) atoms. The number of thiophene rings is 1. The van der Waals surface area contributed by atoms with Crippen molar-refractivity contribution in [2.45, 2.75) is 26.9 Å². The Hall–Kier alpha value is -0.910. The third-order valence-electron chi connectivity index (χ3n) is 2.25. The van der Waals surface area contributed by atoms with E-state index in [2.05, 4.69) is 9.97 Å². The van der Waals surface area contributed by atoms with Crippen LogP contribution in [0.5, 0.6) is 0 Å². The van der Waals surface area contributed by atoms with Crippen LogP contribution in [0.15, 0.2) is 0 Å². The van der Waals surface area contributed by atoms with E-state index in [4.69, 9.17) is 27.9 Å². The zero-order valence-electron chi connectivity index (χ0n) is 9.95. The van der Waals surface area contributed by atoms with Gasteiger partial charge in [0.2, 0.25) is 5.28 Å². The summed E-state index contributed by atoms with van der Waals surface area (Å²) in [6, 6.07) is 0. The minimum Gasteiger partial charge on any atom is -0.459 e. The van der Waals surface area contributed by atoms with Crippen molar-refractivity contribution in [1.29, 1.82) is 0 Å². The number of carbonyl (C=O) groups excluding carboxylic acids is 1. The number of halogens is 2. The summed E-state index contributed by atoms with van der Waals surface area (Å²) >= 11 is 13.0. The average molecular weight is 305 g/mol. The molecule has 0 aliphatic rings. The molecule has 0 N–H and O–H groups in total. The van der Waals surface area contributed by atoms with Crippen molar-refractivity contribution in [2.24, 2.45) is 0 Å². The highest BCUT2D eigenvalue weighted by Gasteiger charge is 2.21. The summed E-state index contributed by atoms with van der Waals surface area (Å²) in [6.45, 7) is 5.38. The van der Waals surface area contributed by atoms with Gasteiger partial charge in [0.15, 0.2) is 0 Å². The van der Waals surface area contributed by atoms with Gasteiger partial charge >= 0.3 is 5.97 Å². The molecule has 0 saturated carbocycles. The smallest absolute Gasteiger partial charge is 0.348 e. The fourth-order valence-electron chi connectivity index (χ4n) is 1.53. The number of aromatic nitrogens is 2. The van der Waals surface area contributed by atoms with Gasteiger partial charge in [-0.25, -0.2) is 14.8 Å². The first kappa shape index (κ1) is 13.5. The molecule has 2 heterocycles. The maximum absolute atomic E-state index is 11.9. The molecule has 0 bridgehead atoms. The Morgan fingerprint density at radius 3 is 2.61 bits per heavy atom. The van der Waals surface area contributed by atoms with Crippen LogP contribution in [0.4, 0.5) is 0 Å². The van der Waals surface area contributed by atoms with E-state index in [1.165, 1.54) is 11.3 Å². The molecule has 0 aliphatic heterocycles. The van der Waals surface area contributed by atoms with Gasteiger partial charge in [-0.2, -0.15) is 0 Å². The molecule has 0 aliphatic carbocycles.